The Morgan fingerprint density at radius 2 is 2.13 bits per heavy atom. The Morgan fingerprint density at radius 1 is 1.53 bits per heavy atom. The van der Waals surface area contributed by atoms with E-state index in [2.05, 4.69) is 0 Å². The molecule has 0 saturated heterocycles. The predicted molar refractivity (Wildman–Crippen MR) is 57.2 cm³/mol. The summed E-state index contributed by atoms with van der Waals surface area (Å²) in [5.41, 5.74) is -0.145. The Hall–Kier alpha value is -1.27. The van der Waals surface area contributed by atoms with Crippen molar-refractivity contribution in [1.82, 2.24) is 0 Å². The Balaban J connectivity index is 3.08. The molecule has 1 rings (SSSR count). The van der Waals surface area contributed by atoms with Crippen LogP contribution in [0, 0.1) is 14.9 Å². The summed E-state index contributed by atoms with van der Waals surface area (Å²) in [6.45, 7) is 0. The highest BCUT2D eigenvalue weighted by molar-refractivity contribution is 7.87. The molecule has 1 atom stereocenters. The van der Waals surface area contributed by atoms with Crippen LogP contribution in [0.1, 0.15) is 0 Å². The Kier molecular flexibility index (Phi) is 3.93. The van der Waals surface area contributed by atoms with Crippen molar-refractivity contribution in [3.05, 3.63) is 34.4 Å². The summed E-state index contributed by atoms with van der Waals surface area (Å²) in [4.78, 5) is 20.9. The van der Waals surface area contributed by atoms with Crippen LogP contribution in [0.25, 0.3) is 0 Å². The van der Waals surface area contributed by atoms with Crippen molar-refractivity contribution in [3.63, 3.8) is 0 Å². The zero-order valence-corrected chi connectivity index (χ0v) is 9.05. The highest BCUT2D eigenvalue weighted by atomic mass is 35.5. The number of nitro benzene ring substituents is 1. The van der Waals surface area contributed by atoms with Gasteiger partial charge in [-0.1, -0.05) is 22.8 Å². The summed E-state index contributed by atoms with van der Waals surface area (Å²) in [5, 5.41) is 9.96. The minimum Gasteiger partial charge on any atom is -0.280 e. The third kappa shape index (κ3) is 3.10. The van der Waals surface area contributed by atoms with E-state index in [0.29, 0.717) is 0 Å². The second-order valence-electron chi connectivity index (χ2n) is 2.62. The topological polar surface area (TPSA) is 84.1 Å². The maximum absolute atomic E-state index is 10.6. The van der Waals surface area contributed by atoms with Crippen molar-refractivity contribution in [2.24, 2.45) is 0 Å². The van der Waals surface area contributed by atoms with Gasteiger partial charge in [-0.2, -0.15) is 0 Å². The highest BCUT2D eigenvalue weighted by Gasteiger charge is 2.16. The number of nitro groups is 1. The third-order valence-corrected chi connectivity index (χ3v) is 3.30. The maximum Gasteiger partial charge on any atom is 0.283 e. The molecule has 1 aromatic carbocycles. The summed E-state index contributed by atoms with van der Waals surface area (Å²) in [5.74, 6) is -0.202. The molecule has 0 radical (unpaired) electrons. The fraction of sp³-hybridized carbons (Fsp3) is 0.125. The molecule has 0 aliphatic carbocycles. The van der Waals surface area contributed by atoms with E-state index in [4.69, 9.17) is 16.4 Å². The van der Waals surface area contributed by atoms with E-state index in [1.54, 1.807) is 6.07 Å². The average Bonchev–Trinajstić information content (AvgIpc) is 2.16. The van der Waals surface area contributed by atoms with Crippen molar-refractivity contribution in [3.8, 4) is 0 Å². The standard InChI is InChI=1S/C8H7ClN2O3S/c9-8(12)5-15(10)7-4-2-1-3-6(7)11(13)14/h1-4,10H,5H2. The minimum absolute atomic E-state index is 0.145. The zero-order valence-electron chi connectivity index (χ0n) is 7.47. The van der Waals surface area contributed by atoms with Crippen LogP contribution in [-0.4, -0.2) is 15.9 Å². The summed E-state index contributed by atoms with van der Waals surface area (Å²) >= 11 is 5.13. The van der Waals surface area contributed by atoms with Gasteiger partial charge in [-0.3, -0.25) is 19.7 Å². The van der Waals surface area contributed by atoms with Gasteiger partial charge in [-0.25, -0.2) is 0 Å². The maximum atomic E-state index is 10.6. The third-order valence-electron chi connectivity index (χ3n) is 1.59. The van der Waals surface area contributed by atoms with Gasteiger partial charge in [0.1, 0.15) is 0 Å². The largest absolute Gasteiger partial charge is 0.283 e. The second kappa shape index (κ2) is 4.99. The van der Waals surface area contributed by atoms with E-state index in [1.165, 1.54) is 18.2 Å². The van der Waals surface area contributed by atoms with Crippen LogP contribution >= 0.6 is 11.6 Å². The molecule has 80 valence electrons. The highest BCUT2D eigenvalue weighted by Crippen LogP contribution is 2.22. The van der Waals surface area contributed by atoms with E-state index < -0.39 is 20.9 Å². The summed E-state index contributed by atoms with van der Waals surface area (Å²) in [7, 11) is -1.27. The van der Waals surface area contributed by atoms with Crippen molar-refractivity contribution in [1.29, 1.82) is 4.78 Å². The Bertz CT molecular complexity index is 436. The van der Waals surface area contributed by atoms with Crippen LogP contribution in [-0.2, 0) is 15.5 Å². The molecule has 5 nitrogen and oxygen atoms in total. The van der Waals surface area contributed by atoms with Gasteiger partial charge in [-0.05, 0) is 17.7 Å². The molecule has 1 unspecified atom stereocenters. The predicted octanol–water partition coefficient (Wildman–Crippen LogP) is 2.10. The number of rotatable bonds is 4. The molecule has 0 aliphatic heterocycles. The number of hydrogen-bond donors (Lipinski definition) is 1. The minimum atomic E-state index is -1.27. The van der Waals surface area contributed by atoms with Crippen LogP contribution in [0.2, 0.25) is 0 Å². The summed E-state index contributed by atoms with van der Waals surface area (Å²) in [6, 6.07) is 5.88. The second-order valence-corrected chi connectivity index (χ2v) is 4.55. The van der Waals surface area contributed by atoms with E-state index in [9.17, 15) is 14.9 Å². The molecule has 15 heavy (non-hydrogen) atoms. The molecule has 0 fully saturated rings. The molecular formula is C8H7ClN2O3S. The molecule has 0 aliphatic rings. The first kappa shape index (κ1) is 11.8. The molecular weight excluding hydrogens is 240 g/mol. The van der Waals surface area contributed by atoms with Gasteiger partial charge in [0.15, 0.2) is 0 Å². The van der Waals surface area contributed by atoms with Gasteiger partial charge in [-0.15, -0.1) is 0 Å². The van der Waals surface area contributed by atoms with E-state index in [-0.39, 0.29) is 16.3 Å². The van der Waals surface area contributed by atoms with Crippen molar-refractivity contribution in [2.75, 3.05) is 5.75 Å². The number of para-hydroxylation sites is 1. The van der Waals surface area contributed by atoms with Crippen molar-refractivity contribution in [2.45, 2.75) is 4.90 Å². The van der Waals surface area contributed by atoms with Gasteiger partial charge >= 0.3 is 0 Å². The number of benzene rings is 1. The average molecular weight is 247 g/mol. The van der Waals surface area contributed by atoms with Gasteiger partial charge in [0.05, 0.1) is 15.6 Å². The normalized spacial score (nSPS) is 12.1. The van der Waals surface area contributed by atoms with E-state index >= 15 is 0 Å². The van der Waals surface area contributed by atoms with Crippen LogP contribution in [0.5, 0.6) is 0 Å². The van der Waals surface area contributed by atoms with Crippen LogP contribution < -0.4 is 0 Å². The lowest BCUT2D eigenvalue weighted by Gasteiger charge is -2.03. The molecule has 0 spiro atoms. The Labute approximate surface area is 93.1 Å². The lowest BCUT2D eigenvalue weighted by Crippen LogP contribution is -2.05. The van der Waals surface area contributed by atoms with Gasteiger partial charge < -0.3 is 0 Å². The number of carbonyl (C=O) groups excluding carboxylic acids is 1. The first-order chi connectivity index (χ1) is 7.02. The fourth-order valence-corrected chi connectivity index (χ4v) is 2.36. The quantitative estimate of drug-likeness (QED) is 0.502. The number of hydrogen-bond acceptors (Lipinski definition) is 4. The molecule has 0 heterocycles. The molecule has 1 N–H and O–H groups in total. The van der Waals surface area contributed by atoms with Crippen molar-refractivity contribution < 1.29 is 9.72 Å². The van der Waals surface area contributed by atoms with Crippen LogP contribution in [0.3, 0.4) is 0 Å². The number of nitrogens with zero attached hydrogens (tertiary/aromatic N) is 1. The SMILES string of the molecule is N=S(CC(=O)Cl)c1ccccc1[N+](=O)[O-]. The fourth-order valence-electron chi connectivity index (χ4n) is 1.01. The van der Waals surface area contributed by atoms with Crippen molar-refractivity contribution >= 4 is 33.2 Å². The van der Waals surface area contributed by atoms with Gasteiger partial charge in [0, 0.05) is 6.07 Å². The van der Waals surface area contributed by atoms with Gasteiger partial charge in [0.25, 0.3) is 5.69 Å². The monoisotopic (exact) mass is 246 g/mol. The van der Waals surface area contributed by atoms with Gasteiger partial charge in [0.2, 0.25) is 5.24 Å². The van der Waals surface area contributed by atoms with Crippen LogP contribution in [0.4, 0.5) is 5.69 Å². The van der Waals surface area contributed by atoms with E-state index in [0.717, 1.165) is 0 Å². The number of halogens is 1. The first-order valence-electron chi connectivity index (χ1n) is 3.86. The summed E-state index contributed by atoms with van der Waals surface area (Å²) in [6.07, 6.45) is 0. The number of nitrogens with one attached hydrogen (secondary N) is 1. The Morgan fingerprint density at radius 3 is 2.67 bits per heavy atom. The molecule has 7 heteroatoms. The molecule has 0 aromatic heterocycles. The number of carbonyl (C=O) groups is 1. The molecule has 0 saturated carbocycles. The first-order valence-corrected chi connectivity index (χ1v) is 5.63. The molecule has 1 aromatic rings. The lowest BCUT2D eigenvalue weighted by atomic mass is 10.3. The lowest BCUT2D eigenvalue weighted by molar-refractivity contribution is -0.387. The smallest absolute Gasteiger partial charge is 0.280 e. The molecule has 0 bridgehead atoms. The summed E-state index contributed by atoms with van der Waals surface area (Å²) < 4.78 is 7.60. The van der Waals surface area contributed by atoms with E-state index in [1.807, 2.05) is 0 Å². The molecule has 0 amide bonds. The zero-order chi connectivity index (χ0) is 11.4. The van der Waals surface area contributed by atoms with Crippen LogP contribution in [0.15, 0.2) is 29.2 Å².